The maximum atomic E-state index is 9.76. The standard InChI is InChI=1S/C13H28N2O/c1-13(16,11-14)9-5-6-10-15(2)12-7-3-4-8-12/h12,16H,3-11,14H2,1-2H3. The molecule has 1 fully saturated rings. The summed E-state index contributed by atoms with van der Waals surface area (Å²) in [5, 5.41) is 9.76. The van der Waals surface area contributed by atoms with Crippen LogP contribution in [-0.2, 0) is 0 Å². The van der Waals surface area contributed by atoms with Crippen LogP contribution in [0.1, 0.15) is 51.9 Å². The molecule has 3 heteroatoms. The predicted molar refractivity (Wildman–Crippen MR) is 68.4 cm³/mol. The molecule has 0 aromatic carbocycles. The topological polar surface area (TPSA) is 49.5 Å². The third-order valence-corrected chi connectivity index (χ3v) is 3.86. The minimum Gasteiger partial charge on any atom is -0.389 e. The number of hydrogen-bond donors (Lipinski definition) is 2. The van der Waals surface area contributed by atoms with Gasteiger partial charge < -0.3 is 15.7 Å². The molecule has 1 atom stereocenters. The van der Waals surface area contributed by atoms with Crippen LogP contribution in [0.5, 0.6) is 0 Å². The van der Waals surface area contributed by atoms with Crippen LogP contribution in [0.25, 0.3) is 0 Å². The molecule has 96 valence electrons. The molecule has 1 unspecified atom stereocenters. The molecule has 3 nitrogen and oxygen atoms in total. The molecular weight excluding hydrogens is 200 g/mol. The first-order chi connectivity index (χ1) is 7.55. The summed E-state index contributed by atoms with van der Waals surface area (Å²) < 4.78 is 0. The number of nitrogens with two attached hydrogens (primary N) is 1. The molecule has 0 aromatic heterocycles. The first kappa shape index (κ1) is 13.9. The molecule has 0 spiro atoms. The second-order valence-electron chi connectivity index (χ2n) is 5.58. The molecule has 0 bridgehead atoms. The van der Waals surface area contributed by atoms with Crippen LogP contribution in [0.4, 0.5) is 0 Å². The first-order valence-corrected chi connectivity index (χ1v) is 6.68. The van der Waals surface area contributed by atoms with Crippen molar-refractivity contribution in [3.8, 4) is 0 Å². The van der Waals surface area contributed by atoms with E-state index in [9.17, 15) is 5.11 Å². The zero-order valence-electron chi connectivity index (χ0n) is 10.9. The monoisotopic (exact) mass is 228 g/mol. The van der Waals surface area contributed by atoms with Crippen molar-refractivity contribution >= 4 is 0 Å². The normalized spacial score (nSPS) is 21.6. The van der Waals surface area contributed by atoms with Gasteiger partial charge in [-0.3, -0.25) is 0 Å². The maximum Gasteiger partial charge on any atom is 0.0741 e. The fraction of sp³-hybridized carbons (Fsp3) is 1.00. The molecule has 0 amide bonds. The van der Waals surface area contributed by atoms with Crippen LogP contribution >= 0.6 is 0 Å². The molecule has 1 saturated carbocycles. The lowest BCUT2D eigenvalue weighted by atomic mass is 9.99. The van der Waals surface area contributed by atoms with E-state index in [2.05, 4.69) is 11.9 Å². The van der Waals surface area contributed by atoms with E-state index in [4.69, 9.17) is 5.73 Å². The number of unbranched alkanes of at least 4 members (excludes halogenated alkanes) is 1. The van der Waals surface area contributed by atoms with Gasteiger partial charge in [-0.25, -0.2) is 0 Å². The molecule has 0 heterocycles. The Balaban J connectivity index is 2.06. The van der Waals surface area contributed by atoms with Gasteiger partial charge in [0, 0.05) is 12.6 Å². The Kier molecular flexibility index (Phi) is 5.73. The Morgan fingerprint density at radius 1 is 1.31 bits per heavy atom. The van der Waals surface area contributed by atoms with Gasteiger partial charge in [-0.15, -0.1) is 0 Å². The highest BCUT2D eigenvalue weighted by Crippen LogP contribution is 2.22. The number of rotatable bonds is 7. The summed E-state index contributed by atoms with van der Waals surface area (Å²) in [7, 11) is 2.23. The van der Waals surface area contributed by atoms with Crippen LogP contribution in [-0.4, -0.2) is 41.8 Å². The highest BCUT2D eigenvalue weighted by Gasteiger charge is 2.20. The quantitative estimate of drug-likeness (QED) is 0.653. The van der Waals surface area contributed by atoms with Crippen molar-refractivity contribution in [1.29, 1.82) is 0 Å². The molecular formula is C13H28N2O. The summed E-state index contributed by atoms with van der Waals surface area (Å²) in [6, 6.07) is 0.815. The molecule has 1 aliphatic carbocycles. The minimum atomic E-state index is -0.661. The molecule has 0 saturated heterocycles. The average Bonchev–Trinajstić information content (AvgIpc) is 2.77. The van der Waals surface area contributed by atoms with Gasteiger partial charge in [0.05, 0.1) is 5.60 Å². The minimum absolute atomic E-state index is 0.367. The zero-order valence-corrected chi connectivity index (χ0v) is 10.9. The summed E-state index contributed by atoms with van der Waals surface area (Å²) in [6.07, 6.45) is 8.61. The van der Waals surface area contributed by atoms with Crippen molar-refractivity contribution in [3.05, 3.63) is 0 Å². The third kappa shape index (κ3) is 4.81. The molecule has 3 N–H and O–H groups in total. The SMILES string of the molecule is CN(CCCCC(C)(O)CN)C1CCCC1. The fourth-order valence-electron chi connectivity index (χ4n) is 2.50. The van der Waals surface area contributed by atoms with Crippen LogP contribution in [0, 0.1) is 0 Å². The Labute approximate surface area is 100 Å². The smallest absolute Gasteiger partial charge is 0.0741 e. The lowest BCUT2D eigenvalue weighted by molar-refractivity contribution is 0.0562. The van der Waals surface area contributed by atoms with Gasteiger partial charge in [-0.1, -0.05) is 12.8 Å². The average molecular weight is 228 g/mol. The van der Waals surface area contributed by atoms with Crippen molar-refractivity contribution in [1.82, 2.24) is 4.90 Å². The van der Waals surface area contributed by atoms with E-state index in [1.54, 1.807) is 0 Å². The first-order valence-electron chi connectivity index (χ1n) is 6.68. The summed E-state index contributed by atoms with van der Waals surface area (Å²) in [4.78, 5) is 2.49. The van der Waals surface area contributed by atoms with Gasteiger partial charge in [-0.05, 0) is 52.6 Å². The second kappa shape index (κ2) is 6.58. The fourth-order valence-corrected chi connectivity index (χ4v) is 2.50. The summed E-state index contributed by atoms with van der Waals surface area (Å²) in [6.45, 7) is 3.35. The Morgan fingerprint density at radius 2 is 1.94 bits per heavy atom. The van der Waals surface area contributed by atoms with E-state index in [0.717, 1.165) is 25.4 Å². The second-order valence-corrected chi connectivity index (χ2v) is 5.58. The van der Waals surface area contributed by atoms with Gasteiger partial charge in [0.2, 0.25) is 0 Å². The van der Waals surface area contributed by atoms with Gasteiger partial charge >= 0.3 is 0 Å². The van der Waals surface area contributed by atoms with E-state index in [1.165, 1.54) is 32.1 Å². The predicted octanol–water partition coefficient (Wildman–Crippen LogP) is 1.74. The lowest BCUT2D eigenvalue weighted by Gasteiger charge is -2.25. The summed E-state index contributed by atoms with van der Waals surface area (Å²) >= 11 is 0. The van der Waals surface area contributed by atoms with E-state index in [1.807, 2.05) is 6.92 Å². The molecule has 0 aromatic rings. The highest BCUT2D eigenvalue weighted by atomic mass is 16.3. The molecule has 0 radical (unpaired) electrons. The molecule has 1 aliphatic rings. The van der Waals surface area contributed by atoms with E-state index in [0.29, 0.717) is 6.54 Å². The van der Waals surface area contributed by atoms with Crippen molar-refractivity contribution < 1.29 is 5.11 Å². The Hall–Kier alpha value is -0.120. The van der Waals surface area contributed by atoms with E-state index < -0.39 is 5.60 Å². The van der Waals surface area contributed by atoms with Crippen molar-refractivity contribution in [2.45, 2.75) is 63.5 Å². The van der Waals surface area contributed by atoms with Gasteiger partial charge in [-0.2, -0.15) is 0 Å². The van der Waals surface area contributed by atoms with E-state index in [-0.39, 0.29) is 0 Å². The summed E-state index contributed by atoms with van der Waals surface area (Å²) in [5.74, 6) is 0. The highest BCUT2D eigenvalue weighted by molar-refractivity contribution is 4.76. The van der Waals surface area contributed by atoms with Crippen LogP contribution in [0.15, 0.2) is 0 Å². The summed E-state index contributed by atoms with van der Waals surface area (Å²) in [5.41, 5.74) is 4.83. The van der Waals surface area contributed by atoms with Crippen LogP contribution < -0.4 is 5.73 Å². The van der Waals surface area contributed by atoms with Crippen molar-refractivity contribution in [3.63, 3.8) is 0 Å². The number of aliphatic hydroxyl groups is 1. The van der Waals surface area contributed by atoms with E-state index >= 15 is 0 Å². The lowest BCUT2D eigenvalue weighted by Crippen LogP contribution is -2.34. The van der Waals surface area contributed by atoms with Gasteiger partial charge in [0.25, 0.3) is 0 Å². The number of hydrogen-bond acceptors (Lipinski definition) is 3. The molecule has 16 heavy (non-hydrogen) atoms. The Bertz CT molecular complexity index is 188. The molecule has 1 rings (SSSR count). The molecule has 0 aliphatic heterocycles. The Morgan fingerprint density at radius 3 is 2.50 bits per heavy atom. The van der Waals surface area contributed by atoms with Gasteiger partial charge in [0.15, 0.2) is 0 Å². The maximum absolute atomic E-state index is 9.76. The zero-order chi connectivity index (χ0) is 12.0. The van der Waals surface area contributed by atoms with Crippen LogP contribution in [0.2, 0.25) is 0 Å². The van der Waals surface area contributed by atoms with Crippen molar-refractivity contribution in [2.75, 3.05) is 20.1 Å². The van der Waals surface area contributed by atoms with Crippen molar-refractivity contribution in [2.24, 2.45) is 5.73 Å². The van der Waals surface area contributed by atoms with Crippen LogP contribution in [0.3, 0.4) is 0 Å². The van der Waals surface area contributed by atoms with Gasteiger partial charge in [0.1, 0.15) is 0 Å². The largest absolute Gasteiger partial charge is 0.389 e. The number of nitrogens with zero attached hydrogens (tertiary/aromatic N) is 1. The third-order valence-electron chi connectivity index (χ3n) is 3.86.